The predicted octanol–water partition coefficient (Wildman–Crippen LogP) is 18.5. The Morgan fingerprint density at radius 3 is 1.81 bits per heavy atom. The van der Waals surface area contributed by atoms with Gasteiger partial charge in [0.1, 0.15) is 17.1 Å². The minimum atomic E-state index is -1.44. The van der Waals surface area contributed by atoms with Crippen LogP contribution in [-0.4, -0.2) is 8.07 Å². The first-order chi connectivity index (χ1) is 34.3. The fraction of sp³-hybridized carbons (Fsp3) is 0.0462. The first-order valence-corrected chi connectivity index (χ1v) is 27.6. The molecule has 0 bridgehead atoms. The van der Waals surface area contributed by atoms with Crippen molar-refractivity contribution in [2.45, 2.75) is 19.6 Å². The van der Waals surface area contributed by atoms with Crippen molar-refractivity contribution in [1.29, 1.82) is 0 Å². The first kappa shape index (κ1) is 41.5. The number of hydrogen-bond acceptors (Lipinski definition) is 4. The van der Waals surface area contributed by atoms with Gasteiger partial charge < -0.3 is 19.0 Å². The molecule has 334 valence electrons. The fourth-order valence-electron chi connectivity index (χ4n) is 10.5. The van der Waals surface area contributed by atoms with Crippen LogP contribution in [0.25, 0.3) is 76.9 Å². The lowest BCUT2D eigenvalue weighted by molar-refractivity contribution is 0.487. The molecule has 1 aromatic heterocycles. The molecule has 0 amide bonds. The second-order valence-corrected chi connectivity index (χ2v) is 24.4. The summed E-state index contributed by atoms with van der Waals surface area (Å²) in [4.78, 5) is 4.68. The van der Waals surface area contributed by atoms with Crippen molar-refractivity contribution in [3.8, 4) is 44.9 Å². The lowest BCUT2D eigenvalue weighted by Gasteiger charge is -2.29. The van der Waals surface area contributed by atoms with Crippen molar-refractivity contribution in [2.75, 3.05) is 9.80 Å². The van der Waals surface area contributed by atoms with Gasteiger partial charge in [0.25, 0.3) is 0 Å². The third-order valence-electron chi connectivity index (χ3n) is 14.0. The Kier molecular flexibility index (Phi) is 9.82. The van der Waals surface area contributed by atoms with E-state index in [4.69, 9.17) is 9.15 Å². The van der Waals surface area contributed by atoms with E-state index in [1.54, 1.807) is 0 Å². The van der Waals surface area contributed by atoms with Crippen LogP contribution in [0.15, 0.2) is 241 Å². The maximum absolute atomic E-state index is 7.00. The Bertz CT molecular complexity index is 3970. The molecule has 1 aliphatic rings. The zero-order valence-corrected chi connectivity index (χ0v) is 40.2. The first-order valence-electron chi connectivity index (χ1n) is 24.1. The van der Waals surface area contributed by atoms with Gasteiger partial charge in [0.15, 0.2) is 5.58 Å². The van der Waals surface area contributed by atoms with Crippen molar-refractivity contribution in [3.63, 3.8) is 0 Å². The third-order valence-corrected chi connectivity index (χ3v) is 16.1. The van der Waals surface area contributed by atoms with Crippen LogP contribution in [0.5, 0.6) is 11.5 Å². The van der Waals surface area contributed by atoms with Crippen LogP contribution < -0.4 is 19.7 Å². The van der Waals surface area contributed by atoms with Crippen LogP contribution in [0.2, 0.25) is 19.6 Å². The van der Waals surface area contributed by atoms with Crippen molar-refractivity contribution in [1.82, 2.24) is 0 Å². The van der Waals surface area contributed by atoms with Gasteiger partial charge >= 0.3 is 0 Å². The zero-order valence-electron chi connectivity index (χ0n) is 39.2. The van der Waals surface area contributed by atoms with Gasteiger partial charge in [-0.25, -0.2) is 0 Å². The molecular formula is C65H48N2O2Si. The third kappa shape index (κ3) is 7.05. The molecule has 11 aromatic carbocycles. The van der Waals surface area contributed by atoms with Crippen molar-refractivity contribution in [2.24, 2.45) is 0 Å². The maximum atomic E-state index is 7.00. The van der Waals surface area contributed by atoms with E-state index in [1.807, 2.05) is 12.1 Å². The van der Waals surface area contributed by atoms with Gasteiger partial charge in [0.05, 0.1) is 25.1 Å². The normalized spacial score (nSPS) is 12.0. The monoisotopic (exact) mass is 916 g/mol. The second kappa shape index (κ2) is 16.5. The lowest BCUT2D eigenvalue weighted by Crippen LogP contribution is -2.37. The van der Waals surface area contributed by atoms with Gasteiger partial charge in [-0.05, 0) is 117 Å². The number of benzene rings is 11. The molecule has 0 aliphatic carbocycles. The lowest BCUT2D eigenvalue weighted by atomic mass is 9.89. The summed E-state index contributed by atoms with van der Waals surface area (Å²) in [6, 6.07) is 85.1. The van der Waals surface area contributed by atoms with E-state index in [1.165, 1.54) is 27.1 Å². The number of para-hydroxylation sites is 4. The largest absolute Gasteiger partial charge is 0.456 e. The minimum Gasteiger partial charge on any atom is -0.456 e. The summed E-state index contributed by atoms with van der Waals surface area (Å²) in [5.41, 5.74) is 14.9. The number of fused-ring (bicyclic) bond motifs is 6. The van der Waals surface area contributed by atoms with Crippen LogP contribution in [0, 0.1) is 0 Å². The van der Waals surface area contributed by atoms with Crippen LogP contribution in [0.3, 0.4) is 0 Å². The van der Waals surface area contributed by atoms with Gasteiger partial charge in [0.2, 0.25) is 0 Å². The molecule has 2 heterocycles. The van der Waals surface area contributed by atoms with E-state index in [2.05, 4.69) is 254 Å². The Hall–Kier alpha value is -8.64. The smallest absolute Gasteiger partial charge is 0.159 e. The highest BCUT2D eigenvalue weighted by molar-refractivity contribution is 6.88. The van der Waals surface area contributed by atoms with E-state index in [9.17, 15) is 0 Å². The fourth-order valence-corrected chi connectivity index (χ4v) is 11.7. The molecule has 0 atom stereocenters. The van der Waals surface area contributed by atoms with E-state index in [-0.39, 0.29) is 0 Å². The standard InChI is InChI=1S/C65H48N2O2Si/c1-70(2,3)51-35-32-48(33-36-51)66(47-18-8-5-9-19-47)49-31-30-44-40-46(29-28-45(44)41-49)52-38-39-57-55-37-34-50(42-63(55)68-62-27-15-22-56(52)64(57)62)67(59-24-12-10-20-53(59)43-16-6-4-7-17-43)60-25-14-23-58-54-21-11-13-26-61(54)69-65(58)60/h4-42H,1-3H3. The summed E-state index contributed by atoms with van der Waals surface area (Å²) in [7, 11) is -1.44. The van der Waals surface area contributed by atoms with E-state index < -0.39 is 8.07 Å². The molecule has 12 aromatic rings. The number of rotatable bonds is 9. The molecule has 0 fully saturated rings. The molecule has 5 heteroatoms. The summed E-state index contributed by atoms with van der Waals surface area (Å²) in [6.45, 7) is 7.19. The zero-order chi connectivity index (χ0) is 46.9. The molecule has 0 spiro atoms. The Labute approximate surface area is 408 Å². The van der Waals surface area contributed by atoms with E-state index in [0.717, 1.165) is 101 Å². The average Bonchev–Trinajstić information content (AvgIpc) is 3.79. The predicted molar refractivity (Wildman–Crippen MR) is 297 cm³/mol. The maximum Gasteiger partial charge on any atom is 0.159 e. The number of hydrogen-bond donors (Lipinski definition) is 0. The van der Waals surface area contributed by atoms with Gasteiger partial charge in [-0.1, -0.05) is 176 Å². The Balaban J connectivity index is 0.891. The SMILES string of the molecule is C[Si](C)(C)c1ccc(N(c2ccccc2)c2ccc3cc(-c4ccc5c6c(cccc46)Oc4cc(N(c6ccccc6-c6ccccc6)c6cccc7c6oc6ccccc67)ccc4-5)ccc3c2)cc1. The summed E-state index contributed by atoms with van der Waals surface area (Å²) in [5.74, 6) is 1.65. The molecule has 4 nitrogen and oxygen atoms in total. The quantitative estimate of drug-likeness (QED) is 0.135. The van der Waals surface area contributed by atoms with Gasteiger partial charge in [-0.15, -0.1) is 0 Å². The molecular weight excluding hydrogens is 869 g/mol. The van der Waals surface area contributed by atoms with Crippen molar-refractivity contribution >= 4 is 90.9 Å². The van der Waals surface area contributed by atoms with Gasteiger partial charge in [0, 0.05) is 50.4 Å². The number of ether oxygens (including phenoxy) is 1. The van der Waals surface area contributed by atoms with Crippen LogP contribution in [0.4, 0.5) is 34.1 Å². The highest BCUT2D eigenvalue weighted by Gasteiger charge is 2.27. The minimum absolute atomic E-state index is 0.808. The highest BCUT2D eigenvalue weighted by Crippen LogP contribution is 2.52. The number of anilines is 6. The number of furan rings is 1. The molecule has 0 unspecified atom stereocenters. The molecule has 1 aliphatic heterocycles. The summed E-state index contributed by atoms with van der Waals surface area (Å²) in [6.07, 6.45) is 0. The molecule has 0 saturated carbocycles. The Morgan fingerprint density at radius 2 is 0.971 bits per heavy atom. The summed E-state index contributed by atoms with van der Waals surface area (Å²) < 4.78 is 13.7. The number of nitrogens with zero attached hydrogens (tertiary/aromatic N) is 2. The molecule has 0 saturated heterocycles. The molecule has 70 heavy (non-hydrogen) atoms. The van der Waals surface area contributed by atoms with Crippen molar-refractivity contribution in [3.05, 3.63) is 237 Å². The average molecular weight is 917 g/mol. The molecule has 13 rings (SSSR count). The summed E-state index contributed by atoms with van der Waals surface area (Å²) in [5, 5.41) is 8.28. The van der Waals surface area contributed by atoms with Gasteiger partial charge in [-0.2, -0.15) is 0 Å². The van der Waals surface area contributed by atoms with Crippen LogP contribution in [-0.2, 0) is 0 Å². The molecule has 0 radical (unpaired) electrons. The highest BCUT2D eigenvalue weighted by atomic mass is 28.3. The van der Waals surface area contributed by atoms with Gasteiger partial charge in [-0.3, -0.25) is 0 Å². The van der Waals surface area contributed by atoms with Crippen molar-refractivity contribution < 1.29 is 9.15 Å². The Morgan fingerprint density at radius 1 is 0.357 bits per heavy atom. The summed E-state index contributed by atoms with van der Waals surface area (Å²) >= 11 is 0. The van der Waals surface area contributed by atoms with E-state index >= 15 is 0 Å². The second-order valence-electron chi connectivity index (χ2n) is 19.3. The molecule has 0 N–H and O–H groups in total. The van der Waals surface area contributed by atoms with Crippen LogP contribution >= 0.6 is 0 Å². The topological polar surface area (TPSA) is 28.9 Å². The van der Waals surface area contributed by atoms with E-state index in [0.29, 0.717) is 0 Å². The van der Waals surface area contributed by atoms with Crippen LogP contribution in [0.1, 0.15) is 0 Å².